The van der Waals surface area contributed by atoms with Crippen molar-refractivity contribution in [1.82, 2.24) is 0 Å². The van der Waals surface area contributed by atoms with E-state index < -0.39 is 30.9 Å². The zero-order valence-corrected chi connectivity index (χ0v) is 13.4. The van der Waals surface area contributed by atoms with Gasteiger partial charge in [0.2, 0.25) is 0 Å². The largest absolute Gasteiger partial charge is 0.463 e. The first kappa shape index (κ1) is 17.6. The maximum atomic E-state index is 12.0. The van der Waals surface area contributed by atoms with Crippen molar-refractivity contribution in [3.05, 3.63) is 59.7 Å². The van der Waals surface area contributed by atoms with E-state index in [0.29, 0.717) is 0 Å². The topological polar surface area (TPSA) is 107 Å². The molecule has 0 amide bonds. The molecule has 0 saturated heterocycles. The van der Waals surface area contributed by atoms with Crippen LogP contribution in [0.25, 0.3) is 11.1 Å². The summed E-state index contributed by atoms with van der Waals surface area (Å²) in [6.07, 6.45) is -5.34. The van der Waals surface area contributed by atoms with E-state index in [4.69, 9.17) is 9.84 Å². The molecule has 0 bridgehead atoms. The van der Waals surface area contributed by atoms with Crippen molar-refractivity contribution in [3.63, 3.8) is 0 Å². The lowest BCUT2D eigenvalue weighted by molar-refractivity contribution is -0.166. The SMILES string of the molecule is O=C(OCC1c2ccccc2-c2ccccc21)C(O)[C@@H](O)[C@H](O)CO. The van der Waals surface area contributed by atoms with Gasteiger partial charge >= 0.3 is 5.97 Å². The van der Waals surface area contributed by atoms with Crippen LogP contribution in [-0.2, 0) is 9.53 Å². The lowest BCUT2D eigenvalue weighted by Crippen LogP contribution is -2.44. The van der Waals surface area contributed by atoms with E-state index in [0.717, 1.165) is 22.3 Å². The summed E-state index contributed by atoms with van der Waals surface area (Å²) < 4.78 is 5.18. The molecule has 0 heterocycles. The Kier molecular flexibility index (Phi) is 5.15. The summed E-state index contributed by atoms with van der Waals surface area (Å²) in [4.78, 5) is 12.0. The van der Waals surface area contributed by atoms with Crippen LogP contribution in [0, 0.1) is 0 Å². The third-order valence-corrected chi connectivity index (χ3v) is 4.50. The van der Waals surface area contributed by atoms with Crippen LogP contribution in [-0.4, -0.2) is 57.9 Å². The van der Waals surface area contributed by atoms with Gasteiger partial charge in [-0.05, 0) is 22.3 Å². The monoisotopic (exact) mass is 344 g/mol. The van der Waals surface area contributed by atoms with Crippen molar-refractivity contribution >= 4 is 5.97 Å². The number of ether oxygens (including phenoxy) is 1. The Labute approximate surface area is 144 Å². The molecule has 6 heteroatoms. The van der Waals surface area contributed by atoms with Gasteiger partial charge in [0.1, 0.15) is 18.8 Å². The molecule has 132 valence electrons. The molecule has 0 saturated carbocycles. The number of rotatable bonds is 6. The zero-order valence-electron chi connectivity index (χ0n) is 13.4. The molecule has 4 N–H and O–H groups in total. The summed E-state index contributed by atoms with van der Waals surface area (Å²) in [6, 6.07) is 15.7. The van der Waals surface area contributed by atoms with E-state index in [-0.39, 0.29) is 12.5 Å². The Morgan fingerprint density at radius 1 is 0.960 bits per heavy atom. The smallest absolute Gasteiger partial charge is 0.337 e. The number of esters is 1. The molecule has 1 aliphatic rings. The van der Waals surface area contributed by atoms with Gasteiger partial charge in [-0.25, -0.2) is 4.79 Å². The Bertz CT molecular complexity index is 714. The summed E-state index contributed by atoms with van der Waals surface area (Å²) in [5, 5.41) is 37.5. The van der Waals surface area contributed by atoms with Gasteiger partial charge in [-0.1, -0.05) is 48.5 Å². The van der Waals surface area contributed by atoms with Crippen molar-refractivity contribution < 1.29 is 30.0 Å². The molecule has 0 aliphatic heterocycles. The first-order valence-electron chi connectivity index (χ1n) is 8.04. The quantitative estimate of drug-likeness (QED) is 0.566. The van der Waals surface area contributed by atoms with E-state index in [9.17, 15) is 20.1 Å². The number of aliphatic hydroxyl groups is 4. The number of aliphatic hydroxyl groups excluding tert-OH is 4. The van der Waals surface area contributed by atoms with Crippen LogP contribution in [0.1, 0.15) is 17.0 Å². The Morgan fingerprint density at radius 3 is 2.00 bits per heavy atom. The number of fused-ring (bicyclic) bond motifs is 3. The van der Waals surface area contributed by atoms with Crippen molar-refractivity contribution in [2.75, 3.05) is 13.2 Å². The highest BCUT2D eigenvalue weighted by atomic mass is 16.5. The normalized spacial score (nSPS) is 16.6. The third kappa shape index (κ3) is 3.29. The molecule has 0 spiro atoms. The van der Waals surface area contributed by atoms with Gasteiger partial charge in [0.15, 0.2) is 6.10 Å². The van der Waals surface area contributed by atoms with Gasteiger partial charge in [-0.15, -0.1) is 0 Å². The minimum atomic E-state index is -1.92. The molecule has 2 aromatic rings. The molecular formula is C19H20O6. The van der Waals surface area contributed by atoms with Gasteiger partial charge in [0, 0.05) is 5.92 Å². The first-order chi connectivity index (χ1) is 12.0. The second-order valence-electron chi connectivity index (χ2n) is 6.04. The Balaban J connectivity index is 1.74. The van der Waals surface area contributed by atoms with Crippen LogP contribution in [0.5, 0.6) is 0 Å². The van der Waals surface area contributed by atoms with Gasteiger partial charge in [0.25, 0.3) is 0 Å². The molecule has 0 fully saturated rings. The maximum Gasteiger partial charge on any atom is 0.337 e. The predicted molar refractivity (Wildman–Crippen MR) is 89.8 cm³/mol. The molecule has 1 aliphatic carbocycles. The van der Waals surface area contributed by atoms with Crippen LogP contribution in [0.3, 0.4) is 0 Å². The second-order valence-corrected chi connectivity index (χ2v) is 6.04. The maximum absolute atomic E-state index is 12.0. The van der Waals surface area contributed by atoms with Crippen LogP contribution in [0.2, 0.25) is 0 Å². The molecular weight excluding hydrogens is 324 g/mol. The van der Waals surface area contributed by atoms with Crippen molar-refractivity contribution in [2.45, 2.75) is 24.2 Å². The highest BCUT2D eigenvalue weighted by Crippen LogP contribution is 2.44. The number of benzene rings is 2. The fourth-order valence-corrected chi connectivity index (χ4v) is 3.15. The lowest BCUT2D eigenvalue weighted by Gasteiger charge is -2.21. The number of carbonyl (C=O) groups is 1. The van der Waals surface area contributed by atoms with Crippen LogP contribution >= 0.6 is 0 Å². The first-order valence-corrected chi connectivity index (χ1v) is 8.04. The lowest BCUT2D eigenvalue weighted by atomic mass is 9.98. The molecule has 1 unspecified atom stereocenters. The number of hydrogen-bond donors (Lipinski definition) is 4. The third-order valence-electron chi connectivity index (χ3n) is 4.50. The number of carbonyl (C=O) groups excluding carboxylic acids is 1. The van der Waals surface area contributed by atoms with E-state index in [1.54, 1.807) is 0 Å². The summed E-state index contributed by atoms with van der Waals surface area (Å²) in [7, 11) is 0. The van der Waals surface area contributed by atoms with Crippen LogP contribution < -0.4 is 0 Å². The fraction of sp³-hybridized carbons (Fsp3) is 0.316. The minimum Gasteiger partial charge on any atom is -0.463 e. The molecule has 3 atom stereocenters. The average Bonchev–Trinajstić information content (AvgIpc) is 2.98. The predicted octanol–water partition coefficient (Wildman–Crippen LogP) is 0.417. The van der Waals surface area contributed by atoms with E-state index in [1.165, 1.54) is 0 Å². The Hall–Kier alpha value is -2.25. The van der Waals surface area contributed by atoms with Gasteiger partial charge in [-0.2, -0.15) is 0 Å². The van der Waals surface area contributed by atoms with Crippen molar-refractivity contribution in [2.24, 2.45) is 0 Å². The summed E-state index contributed by atoms with van der Waals surface area (Å²) in [5.74, 6) is -1.20. The standard InChI is InChI=1S/C19H20O6/c20-9-16(21)17(22)18(23)19(24)25-10-15-13-7-3-1-5-11(13)12-6-2-4-8-14(12)15/h1-8,15-18,20-23H,9-10H2/t16-,17+,18?/m1/s1. The minimum absolute atomic E-state index is 0.00581. The van der Waals surface area contributed by atoms with Crippen molar-refractivity contribution in [3.8, 4) is 11.1 Å². The average molecular weight is 344 g/mol. The van der Waals surface area contributed by atoms with Crippen LogP contribution in [0.4, 0.5) is 0 Å². The molecule has 6 nitrogen and oxygen atoms in total. The zero-order chi connectivity index (χ0) is 18.0. The molecule has 3 rings (SSSR count). The van der Waals surface area contributed by atoms with Gasteiger partial charge in [-0.3, -0.25) is 0 Å². The summed E-state index contributed by atoms with van der Waals surface area (Å²) >= 11 is 0. The highest BCUT2D eigenvalue weighted by Gasteiger charge is 2.33. The van der Waals surface area contributed by atoms with E-state index >= 15 is 0 Å². The second kappa shape index (κ2) is 7.33. The van der Waals surface area contributed by atoms with Crippen LogP contribution in [0.15, 0.2) is 48.5 Å². The summed E-state index contributed by atoms with van der Waals surface area (Å²) in [6.45, 7) is -0.763. The molecule has 0 aromatic heterocycles. The molecule has 0 radical (unpaired) electrons. The Morgan fingerprint density at radius 2 is 1.48 bits per heavy atom. The molecule has 25 heavy (non-hydrogen) atoms. The fourth-order valence-electron chi connectivity index (χ4n) is 3.15. The molecule has 2 aromatic carbocycles. The number of hydrogen-bond acceptors (Lipinski definition) is 6. The van der Waals surface area contributed by atoms with E-state index in [2.05, 4.69) is 0 Å². The summed E-state index contributed by atoms with van der Waals surface area (Å²) in [5.41, 5.74) is 4.22. The highest BCUT2D eigenvalue weighted by molar-refractivity contribution is 5.79. The van der Waals surface area contributed by atoms with Gasteiger partial charge < -0.3 is 25.2 Å². The van der Waals surface area contributed by atoms with Crippen molar-refractivity contribution in [1.29, 1.82) is 0 Å². The van der Waals surface area contributed by atoms with E-state index in [1.807, 2.05) is 48.5 Å². The van der Waals surface area contributed by atoms with Gasteiger partial charge in [0.05, 0.1) is 6.61 Å².